The van der Waals surface area contributed by atoms with E-state index in [9.17, 15) is 19.7 Å². The van der Waals surface area contributed by atoms with Crippen molar-refractivity contribution in [2.45, 2.75) is 52.8 Å². The van der Waals surface area contributed by atoms with E-state index in [0.717, 1.165) is 0 Å². The Labute approximate surface area is 173 Å². The van der Waals surface area contributed by atoms with Crippen LogP contribution in [0.4, 0.5) is 10.5 Å². The summed E-state index contributed by atoms with van der Waals surface area (Å²) in [7, 11) is 0. The third-order valence-electron chi connectivity index (χ3n) is 3.93. The highest BCUT2D eigenvalue weighted by Crippen LogP contribution is 2.14. The molecule has 0 aliphatic carbocycles. The van der Waals surface area contributed by atoms with E-state index >= 15 is 0 Å². The number of hydrogen-bond acceptors (Lipinski definition) is 7. The second kappa shape index (κ2) is 9.33. The molecule has 0 aliphatic rings. The normalized spacial score (nSPS) is 12.3. The van der Waals surface area contributed by atoms with Crippen molar-refractivity contribution in [1.29, 1.82) is 0 Å². The van der Waals surface area contributed by atoms with Crippen LogP contribution in [0.15, 0.2) is 30.5 Å². The highest BCUT2D eigenvalue weighted by Gasteiger charge is 2.26. The molecule has 0 spiro atoms. The molecule has 2 rings (SSSR count). The molecule has 30 heavy (non-hydrogen) atoms. The molecule has 0 unspecified atom stereocenters. The fourth-order valence-electron chi connectivity index (χ4n) is 2.49. The third-order valence-corrected chi connectivity index (χ3v) is 3.93. The maximum absolute atomic E-state index is 12.5. The van der Waals surface area contributed by atoms with Crippen molar-refractivity contribution in [3.63, 3.8) is 0 Å². The first-order valence-electron chi connectivity index (χ1n) is 9.39. The van der Waals surface area contributed by atoms with Crippen LogP contribution in [0.2, 0.25) is 0 Å². The molecule has 11 heteroatoms. The zero-order valence-electron chi connectivity index (χ0n) is 17.6. The van der Waals surface area contributed by atoms with Crippen LogP contribution < -0.4 is 10.6 Å². The predicted molar refractivity (Wildman–Crippen MR) is 108 cm³/mol. The molecule has 0 bridgehead atoms. The number of nitrogens with one attached hydrogen (secondary N) is 2. The number of alkyl carbamates (subject to hydrolysis) is 1. The van der Waals surface area contributed by atoms with E-state index in [2.05, 4.69) is 20.9 Å². The lowest BCUT2D eigenvalue weighted by Crippen LogP contribution is -2.50. The predicted octanol–water partition coefficient (Wildman–Crippen LogP) is 2.34. The molecule has 0 fully saturated rings. The maximum atomic E-state index is 12.5. The van der Waals surface area contributed by atoms with E-state index < -0.39 is 22.7 Å². The highest BCUT2D eigenvalue weighted by molar-refractivity contribution is 5.85. The Bertz CT molecular complexity index is 901. The fourth-order valence-corrected chi connectivity index (χ4v) is 2.49. The monoisotopic (exact) mass is 418 g/mol. The lowest BCUT2D eigenvalue weighted by Gasteiger charge is -2.25. The molecular formula is C19H26N6O5. The Morgan fingerprint density at radius 3 is 2.40 bits per heavy atom. The van der Waals surface area contributed by atoms with E-state index in [0.29, 0.717) is 11.4 Å². The van der Waals surface area contributed by atoms with Gasteiger partial charge >= 0.3 is 6.09 Å². The zero-order chi connectivity index (χ0) is 22.5. The van der Waals surface area contributed by atoms with Crippen LogP contribution in [-0.2, 0) is 16.1 Å². The molecule has 0 radical (unpaired) electrons. The second-order valence-corrected chi connectivity index (χ2v) is 8.01. The van der Waals surface area contributed by atoms with Crippen molar-refractivity contribution in [3.05, 3.63) is 46.3 Å². The number of hydrogen-bond donors (Lipinski definition) is 2. The minimum absolute atomic E-state index is 0.0245. The second-order valence-electron chi connectivity index (χ2n) is 8.01. The van der Waals surface area contributed by atoms with Crippen molar-refractivity contribution in [3.8, 4) is 5.69 Å². The summed E-state index contributed by atoms with van der Waals surface area (Å²) in [6, 6.07) is 5.07. The Hall–Kier alpha value is -3.50. The number of aromatic nitrogens is 3. The van der Waals surface area contributed by atoms with Crippen molar-refractivity contribution in [2.75, 3.05) is 0 Å². The molecule has 1 aromatic heterocycles. The smallest absolute Gasteiger partial charge is 0.408 e. The van der Waals surface area contributed by atoms with Crippen LogP contribution in [0.3, 0.4) is 0 Å². The van der Waals surface area contributed by atoms with Gasteiger partial charge in [-0.25, -0.2) is 9.48 Å². The van der Waals surface area contributed by atoms with Crippen LogP contribution >= 0.6 is 0 Å². The number of nitro benzene ring substituents is 1. The van der Waals surface area contributed by atoms with Gasteiger partial charge in [-0.05, 0) is 38.8 Å². The van der Waals surface area contributed by atoms with E-state index in [4.69, 9.17) is 4.74 Å². The molecule has 11 nitrogen and oxygen atoms in total. The van der Waals surface area contributed by atoms with Gasteiger partial charge in [-0.2, -0.15) is 0 Å². The number of amides is 2. The lowest BCUT2D eigenvalue weighted by molar-refractivity contribution is -0.384. The number of nitrogens with zero attached hydrogens (tertiary/aromatic N) is 4. The SMILES string of the molecule is CC(C)[C@H](NC(=O)OC(C)(C)C)C(=O)NCc1cn(-c2ccc([N+](=O)[O-])cc2)nn1. The lowest BCUT2D eigenvalue weighted by atomic mass is 10.0. The van der Waals surface area contributed by atoms with Crippen molar-refractivity contribution in [1.82, 2.24) is 25.6 Å². The summed E-state index contributed by atoms with van der Waals surface area (Å²) in [5.41, 5.74) is 0.390. The Balaban J connectivity index is 1.97. The van der Waals surface area contributed by atoms with E-state index in [1.807, 2.05) is 13.8 Å². The molecular weight excluding hydrogens is 392 g/mol. The van der Waals surface area contributed by atoms with Gasteiger partial charge in [0.05, 0.1) is 23.4 Å². The van der Waals surface area contributed by atoms with Crippen molar-refractivity contribution >= 4 is 17.7 Å². The molecule has 1 heterocycles. The third kappa shape index (κ3) is 6.54. The molecule has 2 aromatic rings. The van der Waals surface area contributed by atoms with Crippen LogP contribution in [0.1, 0.15) is 40.3 Å². The number of nitro groups is 1. The Morgan fingerprint density at radius 1 is 1.23 bits per heavy atom. The van der Waals surface area contributed by atoms with Crippen LogP contribution in [0, 0.1) is 16.0 Å². The minimum atomic E-state index is -0.774. The summed E-state index contributed by atoms with van der Waals surface area (Å²) in [5, 5.41) is 24.0. The summed E-state index contributed by atoms with van der Waals surface area (Å²) >= 11 is 0. The molecule has 0 aliphatic heterocycles. The van der Waals surface area contributed by atoms with Gasteiger partial charge < -0.3 is 15.4 Å². The molecule has 1 atom stereocenters. The number of ether oxygens (including phenoxy) is 1. The molecule has 2 N–H and O–H groups in total. The zero-order valence-corrected chi connectivity index (χ0v) is 17.6. The molecule has 162 valence electrons. The van der Waals surface area contributed by atoms with Crippen molar-refractivity contribution in [2.24, 2.45) is 5.92 Å². The topological polar surface area (TPSA) is 141 Å². The van der Waals surface area contributed by atoms with Gasteiger partial charge in [-0.15, -0.1) is 5.10 Å². The summed E-state index contributed by atoms with van der Waals surface area (Å²) in [6.07, 6.45) is 0.938. The largest absolute Gasteiger partial charge is 0.444 e. The van der Waals surface area contributed by atoms with Gasteiger partial charge in [-0.3, -0.25) is 14.9 Å². The van der Waals surface area contributed by atoms with Gasteiger partial charge in [0.25, 0.3) is 5.69 Å². The van der Waals surface area contributed by atoms with Crippen molar-refractivity contribution < 1.29 is 19.2 Å². The number of rotatable bonds is 7. The van der Waals surface area contributed by atoms with Gasteiger partial charge in [0.1, 0.15) is 17.3 Å². The molecule has 0 saturated carbocycles. The average molecular weight is 418 g/mol. The van der Waals surface area contributed by atoms with E-state index in [1.54, 1.807) is 39.1 Å². The Kier molecular flexibility index (Phi) is 7.09. The van der Waals surface area contributed by atoms with E-state index in [-0.39, 0.29) is 24.1 Å². The summed E-state index contributed by atoms with van der Waals surface area (Å²) in [4.78, 5) is 34.8. The van der Waals surface area contributed by atoms with Crippen LogP contribution in [0.25, 0.3) is 5.69 Å². The number of carbonyl (C=O) groups excluding carboxylic acids is 2. The summed E-state index contributed by atoms with van der Waals surface area (Å²) in [6.45, 7) is 8.95. The first-order chi connectivity index (χ1) is 14.0. The fraction of sp³-hybridized carbons (Fsp3) is 0.474. The number of benzene rings is 1. The number of carbonyl (C=O) groups is 2. The highest BCUT2D eigenvalue weighted by atomic mass is 16.6. The van der Waals surface area contributed by atoms with E-state index in [1.165, 1.54) is 16.8 Å². The minimum Gasteiger partial charge on any atom is -0.444 e. The number of non-ortho nitro benzene ring substituents is 1. The molecule has 0 saturated heterocycles. The van der Waals surface area contributed by atoms with Crippen LogP contribution in [0.5, 0.6) is 0 Å². The average Bonchev–Trinajstić information content (AvgIpc) is 3.11. The van der Waals surface area contributed by atoms with Crippen LogP contribution in [-0.4, -0.2) is 43.6 Å². The van der Waals surface area contributed by atoms with Gasteiger partial charge in [-0.1, -0.05) is 19.1 Å². The summed E-state index contributed by atoms with van der Waals surface area (Å²) in [5.74, 6) is -0.533. The van der Waals surface area contributed by atoms with Gasteiger partial charge in [0.2, 0.25) is 5.91 Å². The first kappa shape index (κ1) is 22.8. The van der Waals surface area contributed by atoms with Gasteiger partial charge in [0.15, 0.2) is 0 Å². The quantitative estimate of drug-likeness (QED) is 0.519. The standard InChI is InChI=1S/C19H26N6O5/c1-12(2)16(21-18(27)30-19(3,4)5)17(26)20-10-13-11-24(23-22-13)14-6-8-15(9-7-14)25(28)29/h6-9,11-12,16H,10H2,1-5H3,(H,20,26)(H,21,27)/t16-/m0/s1. The first-order valence-corrected chi connectivity index (χ1v) is 9.39. The maximum Gasteiger partial charge on any atom is 0.408 e. The summed E-state index contributed by atoms with van der Waals surface area (Å²) < 4.78 is 6.66. The molecule has 2 amide bonds. The van der Waals surface area contributed by atoms with Gasteiger partial charge in [0, 0.05) is 12.1 Å². The molecule has 1 aromatic carbocycles. The Morgan fingerprint density at radius 2 is 1.87 bits per heavy atom.